The van der Waals surface area contributed by atoms with Crippen molar-refractivity contribution in [3.05, 3.63) is 60.2 Å². The molecule has 1 aromatic carbocycles. The Labute approximate surface area is 109 Å². The molecule has 1 heterocycles. The molecule has 2 N–H and O–H groups in total. The molecule has 1 unspecified atom stereocenters. The molecule has 1 atom stereocenters. The highest BCUT2D eigenvalue weighted by Gasteiger charge is 2.35. The van der Waals surface area contributed by atoms with Gasteiger partial charge < -0.3 is 10.4 Å². The first-order valence-electron chi connectivity index (χ1n) is 5.70. The van der Waals surface area contributed by atoms with Crippen molar-refractivity contribution in [1.82, 2.24) is 4.98 Å². The number of rotatable bonds is 4. The molecule has 4 nitrogen and oxygen atoms in total. The van der Waals surface area contributed by atoms with E-state index in [9.17, 15) is 14.3 Å². The van der Waals surface area contributed by atoms with Crippen LogP contribution in [0.15, 0.2) is 48.8 Å². The maximum absolute atomic E-state index is 13.2. The van der Waals surface area contributed by atoms with Gasteiger partial charge in [-0.2, -0.15) is 0 Å². The van der Waals surface area contributed by atoms with Crippen molar-refractivity contribution >= 4 is 11.7 Å². The molecule has 0 saturated heterocycles. The highest BCUT2D eigenvalue weighted by Crippen LogP contribution is 2.26. The highest BCUT2D eigenvalue weighted by atomic mass is 19.1. The van der Waals surface area contributed by atoms with Gasteiger partial charge in [-0.1, -0.05) is 18.2 Å². The first kappa shape index (κ1) is 13.0. The van der Waals surface area contributed by atoms with Gasteiger partial charge in [-0.25, -0.2) is 9.18 Å². The Bertz CT molecular complexity index is 589. The number of carbonyl (C=O) groups is 1. The number of hydrogen-bond acceptors (Lipinski definition) is 3. The van der Waals surface area contributed by atoms with E-state index in [1.165, 1.54) is 13.1 Å². The van der Waals surface area contributed by atoms with E-state index in [1.807, 2.05) is 6.07 Å². The van der Waals surface area contributed by atoms with Gasteiger partial charge in [0.1, 0.15) is 5.82 Å². The molecule has 0 aliphatic rings. The molecule has 0 amide bonds. The number of pyridine rings is 1. The molecule has 0 aliphatic heterocycles. The quantitative estimate of drug-likeness (QED) is 0.887. The van der Waals surface area contributed by atoms with E-state index in [0.29, 0.717) is 5.69 Å². The molecular formula is C14H13FN2O2. The summed E-state index contributed by atoms with van der Waals surface area (Å²) in [4.78, 5) is 15.2. The molecular weight excluding hydrogens is 247 g/mol. The van der Waals surface area contributed by atoms with Crippen LogP contribution in [0, 0.1) is 5.82 Å². The number of anilines is 1. The minimum Gasteiger partial charge on any atom is -0.479 e. The predicted octanol–water partition coefficient (Wildman–Crippen LogP) is 2.63. The van der Waals surface area contributed by atoms with Crippen LogP contribution in [-0.4, -0.2) is 16.1 Å². The van der Waals surface area contributed by atoms with Gasteiger partial charge in [0.2, 0.25) is 0 Å². The van der Waals surface area contributed by atoms with Crippen LogP contribution in [0.5, 0.6) is 0 Å². The van der Waals surface area contributed by atoms with Gasteiger partial charge in [0.05, 0.1) is 6.20 Å². The second kappa shape index (κ2) is 5.06. The van der Waals surface area contributed by atoms with Crippen LogP contribution in [0.3, 0.4) is 0 Å². The highest BCUT2D eigenvalue weighted by molar-refractivity contribution is 5.84. The van der Waals surface area contributed by atoms with Crippen LogP contribution in [0.2, 0.25) is 0 Å². The molecule has 0 spiro atoms. The third-order valence-electron chi connectivity index (χ3n) is 2.88. The molecule has 2 aromatic rings. The van der Waals surface area contributed by atoms with E-state index in [4.69, 9.17) is 0 Å². The zero-order valence-electron chi connectivity index (χ0n) is 10.3. The van der Waals surface area contributed by atoms with Gasteiger partial charge >= 0.3 is 5.97 Å². The Hall–Kier alpha value is -2.43. The van der Waals surface area contributed by atoms with Crippen LogP contribution in [0.4, 0.5) is 10.1 Å². The number of aromatic nitrogens is 1. The molecule has 0 fully saturated rings. The fraction of sp³-hybridized carbons (Fsp3) is 0.143. The van der Waals surface area contributed by atoms with E-state index < -0.39 is 17.3 Å². The molecule has 0 bridgehead atoms. The van der Waals surface area contributed by atoms with Gasteiger partial charge in [-0.05, 0) is 25.1 Å². The first-order chi connectivity index (χ1) is 9.02. The third-order valence-corrected chi connectivity index (χ3v) is 2.88. The summed E-state index contributed by atoms with van der Waals surface area (Å²) in [5.74, 6) is -1.68. The van der Waals surface area contributed by atoms with Crippen molar-refractivity contribution in [2.45, 2.75) is 12.5 Å². The molecule has 0 aliphatic carbocycles. The topological polar surface area (TPSA) is 62.2 Å². The zero-order valence-corrected chi connectivity index (χ0v) is 10.3. The van der Waals surface area contributed by atoms with E-state index in [2.05, 4.69) is 10.3 Å². The van der Waals surface area contributed by atoms with Crippen LogP contribution in [0.25, 0.3) is 0 Å². The third kappa shape index (κ3) is 2.70. The minimum atomic E-state index is -1.45. The Morgan fingerprint density at radius 2 is 2.00 bits per heavy atom. The van der Waals surface area contributed by atoms with Gasteiger partial charge in [-0.3, -0.25) is 4.98 Å². The van der Waals surface area contributed by atoms with Gasteiger partial charge in [0.15, 0.2) is 5.54 Å². The summed E-state index contributed by atoms with van der Waals surface area (Å²) in [5.41, 5.74) is -0.559. The maximum atomic E-state index is 13.2. The maximum Gasteiger partial charge on any atom is 0.333 e. The lowest BCUT2D eigenvalue weighted by Gasteiger charge is -2.27. The SMILES string of the molecule is CC(Nc1ccccc1)(C(=O)O)c1cncc(F)c1. The number of para-hydroxylation sites is 1. The Morgan fingerprint density at radius 3 is 2.58 bits per heavy atom. The number of halogens is 1. The summed E-state index contributed by atoms with van der Waals surface area (Å²) in [6.07, 6.45) is 2.38. The van der Waals surface area contributed by atoms with Gasteiger partial charge in [-0.15, -0.1) is 0 Å². The van der Waals surface area contributed by atoms with Crippen LogP contribution < -0.4 is 5.32 Å². The average molecular weight is 260 g/mol. The Morgan fingerprint density at radius 1 is 1.32 bits per heavy atom. The normalized spacial score (nSPS) is 13.6. The summed E-state index contributed by atoms with van der Waals surface area (Å²) in [5, 5.41) is 12.3. The summed E-state index contributed by atoms with van der Waals surface area (Å²) in [6.45, 7) is 1.47. The van der Waals surface area contributed by atoms with Gasteiger partial charge in [0.25, 0.3) is 0 Å². The molecule has 0 saturated carbocycles. The average Bonchev–Trinajstić information content (AvgIpc) is 2.39. The molecule has 2 rings (SSSR count). The minimum absolute atomic E-state index is 0.254. The second-order valence-corrected chi connectivity index (χ2v) is 4.31. The summed E-state index contributed by atoms with van der Waals surface area (Å²) in [7, 11) is 0. The fourth-order valence-corrected chi connectivity index (χ4v) is 1.74. The smallest absolute Gasteiger partial charge is 0.333 e. The number of hydrogen-bond donors (Lipinski definition) is 2. The number of carboxylic acids is 1. The summed E-state index contributed by atoms with van der Waals surface area (Å²) < 4.78 is 13.2. The number of nitrogens with zero attached hydrogens (tertiary/aromatic N) is 1. The number of nitrogens with one attached hydrogen (secondary N) is 1. The number of benzene rings is 1. The van der Waals surface area contributed by atoms with E-state index >= 15 is 0 Å². The Kier molecular flexibility index (Phi) is 3.46. The second-order valence-electron chi connectivity index (χ2n) is 4.31. The van der Waals surface area contributed by atoms with E-state index in [0.717, 1.165) is 12.3 Å². The van der Waals surface area contributed by atoms with Crippen LogP contribution in [0.1, 0.15) is 12.5 Å². The largest absolute Gasteiger partial charge is 0.479 e. The fourth-order valence-electron chi connectivity index (χ4n) is 1.74. The predicted molar refractivity (Wildman–Crippen MR) is 69.2 cm³/mol. The van der Waals surface area contributed by atoms with Crippen molar-refractivity contribution in [3.63, 3.8) is 0 Å². The lowest BCUT2D eigenvalue weighted by molar-refractivity contribution is -0.142. The summed E-state index contributed by atoms with van der Waals surface area (Å²) in [6, 6.07) is 10.1. The number of carboxylic acid groups (broad SMARTS) is 1. The molecule has 98 valence electrons. The van der Waals surface area contributed by atoms with Crippen molar-refractivity contribution in [2.75, 3.05) is 5.32 Å². The monoisotopic (exact) mass is 260 g/mol. The lowest BCUT2D eigenvalue weighted by atomic mass is 9.93. The first-order valence-corrected chi connectivity index (χ1v) is 5.70. The standard InChI is InChI=1S/C14H13FN2O2/c1-14(13(18)19,10-7-11(15)9-16-8-10)17-12-5-3-2-4-6-12/h2-9,17H,1H3,(H,18,19). The van der Waals surface area contributed by atoms with Crippen molar-refractivity contribution in [1.29, 1.82) is 0 Å². The molecule has 19 heavy (non-hydrogen) atoms. The van der Waals surface area contributed by atoms with Crippen molar-refractivity contribution < 1.29 is 14.3 Å². The Balaban J connectivity index is 2.41. The van der Waals surface area contributed by atoms with Crippen molar-refractivity contribution in [3.8, 4) is 0 Å². The van der Waals surface area contributed by atoms with Crippen LogP contribution >= 0.6 is 0 Å². The zero-order chi connectivity index (χ0) is 13.9. The number of aliphatic carboxylic acids is 1. The molecule has 5 heteroatoms. The summed E-state index contributed by atoms with van der Waals surface area (Å²) >= 11 is 0. The van der Waals surface area contributed by atoms with E-state index in [-0.39, 0.29) is 5.56 Å². The van der Waals surface area contributed by atoms with Crippen molar-refractivity contribution in [2.24, 2.45) is 0 Å². The van der Waals surface area contributed by atoms with Gasteiger partial charge in [0, 0.05) is 17.4 Å². The van der Waals surface area contributed by atoms with Crippen LogP contribution in [-0.2, 0) is 10.3 Å². The molecule has 0 radical (unpaired) electrons. The van der Waals surface area contributed by atoms with E-state index in [1.54, 1.807) is 24.3 Å². The lowest BCUT2D eigenvalue weighted by Crippen LogP contribution is -2.40. The molecule has 1 aromatic heterocycles.